The van der Waals surface area contributed by atoms with Crippen LogP contribution >= 0.6 is 11.3 Å². The lowest BCUT2D eigenvalue weighted by Crippen LogP contribution is -2.26. The van der Waals surface area contributed by atoms with E-state index in [0.29, 0.717) is 12.0 Å². The van der Waals surface area contributed by atoms with Crippen LogP contribution in [0.3, 0.4) is 0 Å². The predicted molar refractivity (Wildman–Crippen MR) is 83.4 cm³/mol. The fraction of sp³-hybridized carbons (Fsp3) is 0.533. The molecule has 0 radical (unpaired) electrons. The van der Waals surface area contributed by atoms with Crippen LogP contribution in [0.15, 0.2) is 23.2 Å². The molecular formula is C15H19N5S. The van der Waals surface area contributed by atoms with Crippen LogP contribution in [0.4, 0.5) is 5.82 Å². The summed E-state index contributed by atoms with van der Waals surface area (Å²) in [6.45, 7) is 3.13. The standard InChI is InChI=1S/C15H19N5S/c1-2-11(1)15-16-5-3-14(19-15)18-12-4-6-20(7-12)8-13-9-21-10-17-13/h3,5,9-12H,1-2,4,6-8H2,(H,16,18,19). The summed E-state index contributed by atoms with van der Waals surface area (Å²) in [5.74, 6) is 2.60. The first kappa shape index (κ1) is 13.2. The summed E-state index contributed by atoms with van der Waals surface area (Å²) in [5, 5.41) is 5.69. The van der Waals surface area contributed by atoms with Crippen molar-refractivity contribution in [1.29, 1.82) is 0 Å². The molecule has 0 spiro atoms. The van der Waals surface area contributed by atoms with Gasteiger partial charge in [-0.2, -0.15) is 0 Å². The maximum absolute atomic E-state index is 4.65. The van der Waals surface area contributed by atoms with Gasteiger partial charge in [0.15, 0.2) is 0 Å². The summed E-state index contributed by atoms with van der Waals surface area (Å²) in [7, 11) is 0. The first-order chi connectivity index (χ1) is 10.4. The Kier molecular flexibility index (Phi) is 3.57. The second-order valence-electron chi connectivity index (χ2n) is 5.92. The largest absolute Gasteiger partial charge is 0.366 e. The third-order valence-electron chi connectivity index (χ3n) is 4.11. The van der Waals surface area contributed by atoms with Gasteiger partial charge in [-0.05, 0) is 25.3 Å². The third kappa shape index (κ3) is 3.22. The number of thiazole rings is 1. The molecule has 4 rings (SSSR count). The number of nitrogens with zero attached hydrogens (tertiary/aromatic N) is 4. The minimum absolute atomic E-state index is 0.477. The van der Waals surface area contributed by atoms with Crippen molar-refractivity contribution in [2.45, 2.75) is 37.8 Å². The molecule has 110 valence electrons. The summed E-state index contributed by atoms with van der Waals surface area (Å²) in [6.07, 6.45) is 5.53. The van der Waals surface area contributed by atoms with Crippen LogP contribution in [0.2, 0.25) is 0 Å². The van der Waals surface area contributed by atoms with Crippen molar-refractivity contribution in [3.8, 4) is 0 Å². The molecule has 3 heterocycles. The van der Waals surface area contributed by atoms with E-state index in [0.717, 1.165) is 37.7 Å². The average molecular weight is 301 g/mol. The van der Waals surface area contributed by atoms with Crippen molar-refractivity contribution in [3.63, 3.8) is 0 Å². The van der Waals surface area contributed by atoms with Crippen molar-refractivity contribution in [2.24, 2.45) is 0 Å². The number of hydrogen-bond acceptors (Lipinski definition) is 6. The predicted octanol–water partition coefficient (Wildman–Crippen LogP) is 2.50. The molecule has 5 nitrogen and oxygen atoms in total. The number of aromatic nitrogens is 3. The topological polar surface area (TPSA) is 53.9 Å². The van der Waals surface area contributed by atoms with E-state index in [9.17, 15) is 0 Å². The quantitative estimate of drug-likeness (QED) is 0.919. The van der Waals surface area contributed by atoms with E-state index in [1.807, 2.05) is 17.8 Å². The Morgan fingerprint density at radius 1 is 1.29 bits per heavy atom. The van der Waals surface area contributed by atoms with Crippen LogP contribution in [0, 0.1) is 0 Å². The highest BCUT2D eigenvalue weighted by Crippen LogP contribution is 2.38. The van der Waals surface area contributed by atoms with Crippen molar-refractivity contribution in [2.75, 3.05) is 18.4 Å². The molecule has 21 heavy (non-hydrogen) atoms. The molecule has 1 aliphatic heterocycles. The lowest BCUT2D eigenvalue weighted by Gasteiger charge is -2.16. The van der Waals surface area contributed by atoms with Crippen LogP contribution in [0.1, 0.15) is 36.7 Å². The Morgan fingerprint density at radius 3 is 3.05 bits per heavy atom. The summed E-state index contributed by atoms with van der Waals surface area (Å²) in [6, 6.07) is 2.46. The highest BCUT2D eigenvalue weighted by atomic mass is 32.1. The minimum atomic E-state index is 0.477. The molecule has 0 aromatic carbocycles. The Labute approximate surface area is 128 Å². The molecule has 1 unspecified atom stereocenters. The number of rotatable bonds is 5. The molecule has 2 fully saturated rings. The highest BCUT2D eigenvalue weighted by Gasteiger charge is 2.27. The van der Waals surface area contributed by atoms with Crippen LogP contribution in [-0.4, -0.2) is 39.0 Å². The minimum Gasteiger partial charge on any atom is -0.366 e. The van der Waals surface area contributed by atoms with Gasteiger partial charge in [0.25, 0.3) is 0 Å². The van der Waals surface area contributed by atoms with Crippen molar-refractivity contribution in [1.82, 2.24) is 19.9 Å². The average Bonchev–Trinajstić information content (AvgIpc) is 3.07. The number of anilines is 1. The molecular weight excluding hydrogens is 282 g/mol. The molecule has 2 aromatic heterocycles. The van der Waals surface area contributed by atoms with Crippen LogP contribution in [0.25, 0.3) is 0 Å². The maximum Gasteiger partial charge on any atom is 0.133 e. The van der Waals surface area contributed by atoms with Crippen LogP contribution in [0.5, 0.6) is 0 Å². The van der Waals surface area contributed by atoms with Gasteiger partial charge in [-0.25, -0.2) is 15.0 Å². The molecule has 1 N–H and O–H groups in total. The lowest BCUT2D eigenvalue weighted by atomic mass is 10.2. The van der Waals surface area contributed by atoms with Gasteiger partial charge in [0.05, 0.1) is 11.2 Å². The number of likely N-dealkylation sites (tertiary alicyclic amines) is 1. The van der Waals surface area contributed by atoms with E-state index >= 15 is 0 Å². The summed E-state index contributed by atoms with van der Waals surface area (Å²) in [5.41, 5.74) is 3.08. The fourth-order valence-corrected chi connectivity index (χ4v) is 3.39. The van der Waals surface area contributed by atoms with Gasteiger partial charge in [-0.3, -0.25) is 4.90 Å². The van der Waals surface area contributed by atoms with Gasteiger partial charge in [-0.15, -0.1) is 11.3 Å². The van der Waals surface area contributed by atoms with E-state index in [4.69, 9.17) is 0 Å². The number of hydrogen-bond donors (Lipinski definition) is 1. The Bertz CT molecular complexity index is 596. The normalized spacial score (nSPS) is 22.6. The van der Waals surface area contributed by atoms with Gasteiger partial charge in [-0.1, -0.05) is 0 Å². The first-order valence-corrected chi connectivity index (χ1v) is 8.50. The fourth-order valence-electron chi connectivity index (χ4n) is 2.84. The molecule has 6 heteroatoms. The smallest absolute Gasteiger partial charge is 0.133 e. The Balaban J connectivity index is 1.34. The molecule has 0 amide bonds. The SMILES string of the molecule is c1cc(NC2CCN(Cc3cscn3)C2)nc(C2CC2)n1. The summed E-state index contributed by atoms with van der Waals surface area (Å²) >= 11 is 1.67. The van der Waals surface area contributed by atoms with Crippen LogP contribution < -0.4 is 5.32 Å². The van der Waals surface area contributed by atoms with E-state index in [2.05, 4.69) is 30.5 Å². The highest BCUT2D eigenvalue weighted by molar-refractivity contribution is 7.07. The second kappa shape index (κ2) is 5.69. The molecule has 1 atom stereocenters. The van der Waals surface area contributed by atoms with Crippen LogP contribution in [-0.2, 0) is 6.54 Å². The first-order valence-electron chi connectivity index (χ1n) is 7.56. The van der Waals surface area contributed by atoms with E-state index in [1.165, 1.54) is 18.5 Å². The maximum atomic E-state index is 4.65. The lowest BCUT2D eigenvalue weighted by molar-refractivity contribution is 0.325. The monoisotopic (exact) mass is 301 g/mol. The molecule has 0 bridgehead atoms. The van der Waals surface area contributed by atoms with Gasteiger partial charge < -0.3 is 5.32 Å². The second-order valence-corrected chi connectivity index (χ2v) is 6.64. The zero-order valence-electron chi connectivity index (χ0n) is 11.9. The summed E-state index contributed by atoms with van der Waals surface area (Å²) < 4.78 is 0. The van der Waals surface area contributed by atoms with E-state index < -0.39 is 0 Å². The zero-order valence-corrected chi connectivity index (χ0v) is 12.7. The molecule has 1 aliphatic carbocycles. The van der Waals surface area contributed by atoms with E-state index in [1.54, 1.807) is 11.3 Å². The third-order valence-corrected chi connectivity index (χ3v) is 4.75. The van der Waals surface area contributed by atoms with Gasteiger partial charge >= 0.3 is 0 Å². The van der Waals surface area contributed by atoms with Crippen molar-refractivity contribution in [3.05, 3.63) is 34.7 Å². The summed E-state index contributed by atoms with van der Waals surface area (Å²) in [4.78, 5) is 15.8. The zero-order chi connectivity index (χ0) is 14.1. The van der Waals surface area contributed by atoms with Gasteiger partial charge in [0.2, 0.25) is 0 Å². The van der Waals surface area contributed by atoms with Gasteiger partial charge in [0, 0.05) is 43.2 Å². The van der Waals surface area contributed by atoms with Gasteiger partial charge in [0.1, 0.15) is 11.6 Å². The van der Waals surface area contributed by atoms with E-state index in [-0.39, 0.29) is 0 Å². The Hall–Kier alpha value is -1.53. The number of nitrogens with one attached hydrogen (secondary N) is 1. The van der Waals surface area contributed by atoms with Crippen molar-refractivity contribution < 1.29 is 0 Å². The Morgan fingerprint density at radius 2 is 2.24 bits per heavy atom. The van der Waals surface area contributed by atoms with Crippen molar-refractivity contribution >= 4 is 17.2 Å². The molecule has 1 saturated carbocycles. The molecule has 2 aromatic rings. The molecule has 1 saturated heterocycles. The molecule has 2 aliphatic rings.